The topological polar surface area (TPSA) is 118 Å². The Labute approximate surface area is 81.9 Å². The lowest BCUT2D eigenvalue weighted by molar-refractivity contribution is -0.137. The smallest absolute Gasteiger partial charge is 0.370 e. The molecule has 14 heavy (non-hydrogen) atoms. The molecule has 0 saturated heterocycles. The van der Waals surface area contributed by atoms with E-state index in [2.05, 4.69) is 0 Å². The molecule has 80 valence electrons. The van der Waals surface area contributed by atoms with Gasteiger partial charge in [-0.2, -0.15) is 0 Å². The van der Waals surface area contributed by atoms with E-state index in [1.807, 2.05) is 0 Å². The summed E-state index contributed by atoms with van der Waals surface area (Å²) in [7, 11) is -1.96. The monoisotopic (exact) mass is 222 g/mol. The van der Waals surface area contributed by atoms with Crippen LogP contribution < -0.4 is 5.73 Å². The Kier molecular flexibility index (Phi) is 5.99. The zero-order valence-corrected chi connectivity index (χ0v) is 8.44. The summed E-state index contributed by atoms with van der Waals surface area (Å²) < 4.78 is 11.2. The van der Waals surface area contributed by atoms with Crippen LogP contribution >= 0.6 is 7.80 Å². The fraction of sp³-hybridized carbons (Fsp3) is 0.714. The Bertz CT molecular complexity index is 242. The number of carboxylic acids is 1. The maximum absolute atomic E-state index is 11.2. The standard InChI is InChI=1S/C7H12NO5P/c8-6(10)3-5(14(13)4-9)1-2-7(11)12/h5,9H,1-4H2,(H2-,8,10,11,12)/p+1. The van der Waals surface area contributed by atoms with Crippen molar-refractivity contribution in [1.29, 1.82) is 0 Å². The molecular formula is C7H13NO5P+. The van der Waals surface area contributed by atoms with Crippen molar-refractivity contribution in [2.75, 3.05) is 6.35 Å². The van der Waals surface area contributed by atoms with Crippen molar-refractivity contribution in [3.8, 4) is 0 Å². The fourth-order valence-corrected chi connectivity index (χ4v) is 2.02. The van der Waals surface area contributed by atoms with E-state index in [-0.39, 0.29) is 19.3 Å². The minimum Gasteiger partial charge on any atom is -0.481 e. The molecule has 0 aliphatic rings. The van der Waals surface area contributed by atoms with Gasteiger partial charge in [0.15, 0.2) is 5.66 Å². The van der Waals surface area contributed by atoms with Crippen LogP contribution in [0.25, 0.3) is 0 Å². The first-order valence-corrected chi connectivity index (χ1v) is 5.53. The Morgan fingerprint density at radius 3 is 2.36 bits per heavy atom. The van der Waals surface area contributed by atoms with Crippen LogP contribution in [0.15, 0.2) is 0 Å². The van der Waals surface area contributed by atoms with Gasteiger partial charge >= 0.3 is 13.8 Å². The van der Waals surface area contributed by atoms with Crippen LogP contribution in [0.2, 0.25) is 0 Å². The highest BCUT2D eigenvalue weighted by atomic mass is 31.1. The summed E-state index contributed by atoms with van der Waals surface area (Å²) in [5, 5.41) is 17.0. The predicted molar refractivity (Wildman–Crippen MR) is 49.2 cm³/mol. The third kappa shape index (κ3) is 5.61. The second-order valence-electron chi connectivity index (χ2n) is 2.82. The quantitative estimate of drug-likeness (QED) is 0.518. The van der Waals surface area contributed by atoms with E-state index in [0.29, 0.717) is 0 Å². The van der Waals surface area contributed by atoms with E-state index in [0.717, 1.165) is 0 Å². The molecule has 0 aliphatic heterocycles. The molecule has 0 heterocycles. The molecule has 0 fully saturated rings. The van der Waals surface area contributed by atoms with Crippen LogP contribution in [0, 0.1) is 0 Å². The van der Waals surface area contributed by atoms with E-state index in [9.17, 15) is 14.2 Å². The molecule has 4 N–H and O–H groups in total. The summed E-state index contributed by atoms with van der Waals surface area (Å²) in [4.78, 5) is 20.8. The molecule has 6 nitrogen and oxygen atoms in total. The van der Waals surface area contributed by atoms with Gasteiger partial charge in [0, 0.05) is 12.8 Å². The summed E-state index contributed by atoms with van der Waals surface area (Å²) >= 11 is 0. The lowest BCUT2D eigenvalue weighted by Crippen LogP contribution is -2.19. The van der Waals surface area contributed by atoms with Crippen LogP contribution in [0.4, 0.5) is 0 Å². The van der Waals surface area contributed by atoms with Crippen LogP contribution in [-0.2, 0) is 14.2 Å². The second kappa shape index (κ2) is 6.45. The van der Waals surface area contributed by atoms with Gasteiger partial charge in [-0.15, -0.1) is 0 Å². The van der Waals surface area contributed by atoms with Gasteiger partial charge in [-0.3, -0.25) is 9.59 Å². The van der Waals surface area contributed by atoms with Crippen LogP contribution in [0.5, 0.6) is 0 Å². The molecule has 1 amide bonds. The van der Waals surface area contributed by atoms with Crippen molar-refractivity contribution in [3.05, 3.63) is 0 Å². The van der Waals surface area contributed by atoms with Gasteiger partial charge in [0.05, 0.1) is 6.42 Å². The average molecular weight is 222 g/mol. The van der Waals surface area contributed by atoms with Gasteiger partial charge in [0.25, 0.3) is 0 Å². The normalized spacial score (nSPS) is 13.4. The summed E-state index contributed by atoms with van der Waals surface area (Å²) in [5.74, 6) is -1.67. The molecule has 0 aliphatic carbocycles. The zero-order chi connectivity index (χ0) is 11.1. The first-order valence-electron chi connectivity index (χ1n) is 4.02. The molecule has 0 aromatic carbocycles. The molecule has 7 heteroatoms. The number of hydrogen-bond acceptors (Lipinski definition) is 4. The minimum atomic E-state index is -1.96. The summed E-state index contributed by atoms with van der Waals surface area (Å²) in [5.41, 5.74) is 4.26. The van der Waals surface area contributed by atoms with E-state index < -0.39 is 31.7 Å². The van der Waals surface area contributed by atoms with Gasteiger partial charge in [-0.1, -0.05) is 4.57 Å². The molecule has 0 spiro atoms. The third-order valence-electron chi connectivity index (χ3n) is 1.67. The third-order valence-corrected chi connectivity index (χ3v) is 3.21. The molecule has 2 unspecified atom stereocenters. The van der Waals surface area contributed by atoms with Crippen LogP contribution in [0.3, 0.4) is 0 Å². The lowest BCUT2D eigenvalue weighted by Gasteiger charge is -2.01. The number of hydrogen-bond donors (Lipinski definition) is 3. The molecule has 0 rings (SSSR count). The Morgan fingerprint density at radius 2 is 2.00 bits per heavy atom. The summed E-state index contributed by atoms with van der Waals surface area (Å²) in [6, 6.07) is 0. The number of primary amides is 1. The van der Waals surface area contributed by atoms with Gasteiger partial charge < -0.3 is 15.9 Å². The van der Waals surface area contributed by atoms with Crippen LogP contribution in [0.1, 0.15) is 19.3 Å². The largest absolute Gasteiger partial charge is 0.481 e. The van der Waals surface area contributed by atoms with E-state index in [1.54, 1.807) is 0 Å². The highest BCUT2D eigenvalue weighted by molar-refractivity contribution is 7.45. The maximum atomic E-state index is 11.2. The number of carbonyl (C=O) groups is 2. The fourth-order valence-electron chi connectivity index (χ4n) is 0.986. The van der Waals surface area contributed by atoms with Crippen molar-refractivity contribution in [2.24, 2.45) is 5.73 Å². The molecule has 2 atom stereocenters. The number of carboxylic acid groups (broad SMARTS) is 1. The Hall–Kier alpha value is -1.00. The predicted octanol–water partition coefficient (Wildman–Crippen LogP) is -0.128. The van der Waals surface area contributed by atoms with Gasteiger partial charge in [0.1, 0.15) is 0 Å². The minimum absolute atomic E-state index is 0.0913. The maximum Gasteiger partial charge on any atom is 0.370 e. The highest BCUT2D eigenvalue weighted by Crippen LogP contribution is 2.32. The summed E-state index contributed by atoms with van der Waals surface area (Å²) in [6.07, 6.45) is -0.789. The summed E-state index contributed by atoms with van der Waals surface area (Å²) in [6.45, 7) is 0. The molecule has 0 radical (unpaired) electrons. The number of aliphatic hydroxyl groups is 1. The molecule has 0 aromatic heterocycles. The number of nitrogens with two attached hydrogens (primary N) is 1. The number of aliphatic hydroxyl groups excluding tert-OH is 1. The highest BCUT2D eigenvalue weighted by Gasteiger charge is 2.31. The Balaban J connectivity index is 4.17. The van der Waals surface area contributed by atoms with E-state index in [4.69, 9.17) is 15.9 Å². The molecular weight excluding hydrogens is 209 g/mol. The number of aliphatic carboxylic acids is 1. The molecule has 0 bridgehead atoms. The van der Waals surface area contributed by atoms with Crippen LogP contribution in [-0.4, -0.2) is 34.1 Å². The number of amides is 1. The van der Waals surface area contributed by atoms with Crippen molar-refractivity contribution < 1.29 is 24.4 Å². The molecule has 0 saturated carbocycles. The van der Waals surface area contributed by atoms with Gasteiger partial charge in [-0.25, -0.2) is 0 Å². The van der Waals surface area contributed by atoms with Gasteiger partial charge in [0.2, 0.25) is 12.3 Å². The number of rotatable bonds is 7. The number of carbonyl (C=O) groups excluding carboxylic acids is 1. The lowest BCUT2D eigenvalue weighted by atomic mass is 10.2. The van der Waals surface area contributed by atoms with Crippen molar-refractivity contribution in [3.63, 3.8) is 0 Å². The van der Waals surface area contributed by atoms with Crippen molar-refractivity contribution >= 4 is 19.7 Å². The first kappa shape index (κ1) is 13.0. The molecule has 0 aromatic rings. The Morgan fingerprint density at radius 1 is 1.43 bits per heavy atom. The van der Waals surface area contributed by atoms with Crippen molar-refractivity contribution in [2.45, 2.75) is 24.9 Å². The van der Waals surface area contributed by atoms with Gasteiger partial charge in [-0.05, 0) is 0 Å². The average Bonchev–Trinajstić information content (AvgIpc) is 2.10. The first-order chi connectivity index (χ1) is 6.47. The van der Waals surface area contributed by atoms with Crippen molar-refractivity contribution in [1.82, 2.24) is 0 Å². The SMILES string of the molecule is NC(=O)CC(CCC(=O)O)[P+](=O)CO. The van der Waals surface area contributed by atoms with E-state index in [1.165, 1.54) is 0 Å². The van der Waals surface area contributed by atoms with E-state index >= 15 is 0 Å². The second-order valence-corrected chi connectivity index (χ2v) is 4.66. The zero-order valence-electron chi connectivity index (χ0n) is 7.55.